The lowest BCUT2D eigenvalue weighted by Gasteiger charge is -2.03. The number of rotatable bonds is 0. The first-order chi connectivity index (χ1) is 7.25. The van der Waals surface area contributed by atoms with Gasteiger partial charge in [-0.1, -0.05) is 12.1 Å². The van der Waals surface area contributed by atoms with Crippen molar-refractivity contribution in [2.45, 2.75) is 0 Å². The molecular weight excluding hydrogens is 188 g/mol. The van der Waals surface area contributed by atoms with Gasteiger partial charge in [0, 0.05) is 5.22 Å². The number of fused-ring (bicyclic) bond motifs is 2. The predicted molar refractivity (Wildman–Crippen MR) is 57.5 cm³/mol. The number of allylic oxidation sites excluding steroid dienone is 4. The number of phenolic OH excluding ortho intramolecular Hbond substituents is 1. The zero-order valence-electron chi connectivity index (χ0n) is 7.90. The van der Waals surface area contributed by atoms with Crippen molar-refractivity contribution in [1.82, 2.24) is 0 Å². The van der Waals surface area contributed by atoms with Gasteiger partial charge in [-0.15, -0.1) is 0 Å². The summed E-state index contributed by atoms with van der Waals surface area (Å²) < 4.78 is 0. The van der Waals surface area contributed by atoms with Crippen molar-refractivity contribution in [3.63, 3.8) is 0 Å². The first-order valence-corrected chi connectivity index (χ1v) is 4.74. The van der Waals surface area contributed by atoms with Crippen LogP contribution in [0, 0.1) is 0 Å². The normalized spacial score (nSPS) is 16.9. The number of benzene rings is 1. The maximum Gasteiger partial charge on any atom is 0.179 e. The summed E-state index contributed by atoms with van der Waals surface area (Å²) in [6.45, 7) is 0. The van der Waals surface area contributed by atoms with Crippen molar-refractivity contribution < 1.29 is 9.90 Å². The zero-order chi connectivity index (χ0) is 10.4. The summed E-state index contributed by atoms with van der Waals surface area (Å²) in [7, 11) is 0. The molecule has 3 rings (SSSR count). The Balaban J connectivity index is 2.49. The molecule has 1 N–H and O–H groups in total. The maximum absolute atomic E-state index is 11.2. The van der Waals surface area contributed by atoms with Crippen LogP contribution in [0.1, 0.15) is 0 Å². The third kappa shape index (κ3) is 1.08. The fourth-order valence-corrected chi connectivity index (χ4v) is 2.03. The van der Waals surface area contributed by atoms with E-state index in [9.17, 15) is 9.90 Å². The SMILES string of the molecule is O=C1C=CC2=c3c(O)cccc3=CC2=C1. The summed E-state index contributed by atoms with van der Waals surface area (Å²) >= 11 is 0. The van der Waals surface area contributed by atoms with E-state index in [0.717, 1.165) is 21.6 Å². The summed E-state index contributed by atoms with van der Waals surface area (Å²) in [6.07, 6.45) is 6.80. The maximum atomic E-state index is 11.2. The molecule has 0 heterocycles. The van der Waals surface area contributed by atoms with Crippen LogP contribution in [0.2, 0.25) is 0 Å². The molecule has 0 bridgehead atoms. The van der Waals surface area contributed by atoms with Gasteiger partial charge >= 0.3 is 0 Å². The molecule has 2 aliphatic carbocycles. The van der Waals surface area contributed by atoms with Crippen LogP contribution in [0.3, 0.4) is 0 Å². The highest BCUT2D eigenvalue weighted by molar-refractivity contribution is 6.09. The molecule has 0 atom stereocenters. The summed E-state index contributed by atoms with van der Waals surface area (Å²) in [5.74, 6) is 0.262. The molecule has 72 valence electrons. The molecule has 0 saturated carbocycles. The highest BCUT2D eigenvalue weighted by Crippen LogP contribution is 2.21. The Labute approximate surface area is 86.2 Å². The molecule has 0 spiro atoms. The molecular formula is C13H8O2. The number of phenols is 1. The average Bonchev–Trinajstić information content (AvgIpc) is 2.56. The second kappa shape index (κ2) is 2.70. The van der Waals surface area contributed by atoms with E-state index in [-0.39, 0.29) is 11.5 Å². The molecule has 0 unspecified atom stereocenters. The van der Waals surface area contributed by atoms with Gasteiger partial charge in [-0.2, -0.15) is 0 Å². The monoisotopic (exact) mass is 196 g/mol. The van der Waals surface area contributed by atoms with Crippen LogP contribution in [0.25, 0.3) is 11.6 Å². The van der Waals surface area contributed by atoms with Crippen LogP contribution in [0.5, 0.6) is 5.75 Å². The Hall–Kier alpha value is -2.09. The quantitative estimate of drug-likeness (QED) is 0.652. The van der Waals surface area contributed by atoms with Gasteiger partial charge in [0.25, 0.3) is 0 Å². The Morgan fingerprint density at radius 3 is 2.80 bits per heavy atom. The molecule has 0 aromatic heterocycles. The number of ketones is 1. The summed E-state index contributed by atoms with van der Waals surface area (Å²) in [5.41, 5.74) is 1.82. The third-order valence-corrected chi connectivity index (χ3v) is 2.68. The van der Waals surface area contributed by atoms with E-state index in [2.05, 4.69) is 0 Å². The Morgan fingerprint density at radius 2 is 1.93 bits per heavy atom. The topological polar surface area (TPSA) is 37.3 Å². The summed E-state index contributed by atoms with van der Waals surface area (Å²) in [6, 6.07) is 5.39. The van der Waals surface area contributed by atoms with E-state index in [1.807, 2.05) is 12.1 Å². The minimum Gasteiger partial charge on any atom is -0.507 e. The van der Waals surface area contributed by atoms with Crippen molar-refractivity contribution in [3.05, 3.63) is 52.4 Å². The number of carbonyl (C=O) groups is 1. The highest BCUT2D eigenvalue weighted by atomic mass is 16.3. The molecule has 0 saturated heterocycles. The molecule has 0 amide bonds. The molecule has 2 nitrogen and oxygen atoms in total. The van der Waals surface area contributed by atoms with Gasteiger partial charge in [-0.3, -0.25) is 4.79 Å². The lowest BCUT2D eigenvalue weighted by Crippen LogP contribution is -2.22. The molecule has 1 aromatic rings. The Morgan fingerprint density at radius 1 is 1.07 bits per heavy atom. The van der Waals surface area contributed by atoms with Crippen LogP contribution in [-0.2, 0) is 4.79 Å². The van der Waals surface area contributed by atoms with Crippen LogP contribution in [0.15, 0.2) is 42.0 Å². The summed E-state index contributed by atoms with van der Waals surface area (Å²) in [5, 5.41) is 11.5. The first kappa shape index (κ1) is 8.24. The second-order valence-electron chi connectivity index (χ2n) is 3.63. The lowest BCUT2D eigenvalue weighted by atomic mass is 10.0. The number of carbonyl (C=O) groups excluding carboxylic acids is 1. The molecule has 0 radical (unpaired) electrons. The number of hydrogen-bond donors (Lipinski definition) is 1. The minimum atomic E-state index is -0.00250. The van der Waals surface area contributed by atoms with Gasteiger partial charge in [0.15, 0.2) is 5.78 Å². The van der Waals surface area contributed by atoms with Gasteiger partial charge in [0.05, 0.1) is 0 Å². The molecule has 15 heavy (non-hydrogen) atoms. The fraction of sp³-hybridized carbons (Fsp3) is 0. The molecule has 0 aliphatic heterocycles. The lowest BCUT2D eigenvalue weighted by molar-refractivity contribution is -0.110. The van der Waals surface area contributed by atoms with Crippen molar-refractivity contribution in [2.75, 3.05) is 0 Å². The third-order valence-electron chi connectivity index (χ3n) is 2.68. The van der Waals surface area contributed by atoms with E-state index in [1.54, 1.807) is 24.3 Å². The molecule has 2 aliphatic rings. The van der Waals surface area contributed by atoms with Gasteiger partial charge < -0.3 is 5.11 Å². The molecule has 2 heteroatoms. The van der Waals surface area contributed by atoms with Gasteiger partial charge in [-0.25, -0.2) is 0 Å². The van der Waals surface area contributed by atoms with Gasteiger partial charge in [0.2, 0.25) is 0 Å². The number of hydrogen-bond acceptors (Lipinski definition) is 2. The Kier molecular flexibility index (Phi) is 1.48. The van der Waals surface area contributed by atoms with Crippen LogP contribution < -0.4 is 10.4 Å². The van der Waals surface area contributed by atoms with Gasteiger partial charge in [-0.05, 0) is 46.7 Å². The second-order valence-corrected chi connectivity index (χ2v) is 3.63. The van der Waals surface area contributed by atoms with Crippen molar-refractivity contribution in [1.29, 1.82) is 0 Å². The standard InChI is InChI=1S/C13H8O2/c14-10-4-5-11-9(7-10)6-8-2-1-3-12(15)13(8)11/h1-7,15H. The van der Waals surface area contributed by atoms with E-state index < -0.39 is 0 Å². The number of aromatic hydroxyl groups is 1. The van der Waals surface area contributed by atoms with E-state index in [1.165, 1.54) is 6.08 Å². The average molecular weight is 196 g/mol. The van der Waals surface area contributed by atoms with Crippen LogP contribution in [0.4, 0.5) is 0 Å². The summed E-state index contributed by atoms with van der Waals surface area (Å²) in [4.78, 5) is 11.2. The van der Waals surface area contributed by atoms with Crippen LogP contribution >= 0.6 is 0 Å². The minimum absolute atomic E-state index is 0.00250. The Bertz CT molecular complexity index is 646. The smallest absolute Gasteiger partial charge is 0.179 e. The molecule has 0 fully saturated rings. The van der Waals surface area contributed by atoms with E-state index in [0.29, 0.717) is 0 Å². The largest absolute Gasteiger partial charge is 0.507 e. The van der Waals surface area contributed by atoms with Crippen molar-refractivity contribution >= 4 is 17.4 Å². The van der Waals surface area contributed by atoms with Gasteiger partial charge in [0.1, 0.15) is 5.75 Å². The van der Waals surface area contributed by atoms with E-state index in [4.69, 9.17) is 0 Å². The van der Waals surface area contributed by atoms with Crippen LogP contribution in [-0.4, -0.2) is 10.9 Å². The molecule has 1 aromatic carbocycles. The van der Waals surface area contributed by atoms with Crippen molar-refractivity contribution in [2.24, 2.45) is 0 Å². The fourth-order valence-electron chi connectivity index (χ4n) is 2.03. The van der Waals surface area contributed by atoms with E-state index >= 15 is 0 Å². The predicted octanol–water partition coefficient (Wildman–Crippen LogP) is 0.402. The van der Waals surface area contributed by atoms with Crippen molar-refractivity contribution in [3.8, 4) is 5.75 Å². The highest BCUT2D eigenvalue weighted by Gasteiger charge is 2.15. The zero-order valence-corrected chi connectivity index (χ0v) is 7.90. The first-order valence-electron chi connectivity index (χ1n) is 4.74.